The zero-order valence-corrected chi connectivity index (χ0v) is 9.98. The number of aromatic hydroxyl groups is 1. The van der Waals surface area contributed by atoms with Crippen LogP contribution in [0.25, 0.3) is 11.1 Å². The molecule has 0 saturated carbocycles. The minimum atomic E-state index is -1.16. The first-order valence-electron chi connectivity index (χ1n) is 5.15. The Bertz CT molecular complexity index is 599. The fourth-order valence-corrected chi connectivity index (χ4v) is 1.84. The van der Waals surface area contributed by atoms with Crippen molar-refractivity contribution < 1.29 is 15.0 Å². The Morgan fingerprint density at radius 3 is 2.61 bits per heavy atom. The van der Waals surface area contributed by atoms with Gasteiger partial charge in [0.25, 0.3) is 0 Å². The quantitative estimate of drug-likeness (QED) is 0.722. The second-order valence-corrected chi connectivity index (χ2v) is 4.11. The molecular weight excluding hydrogens is 254 g/mol. The van der Waals surface area contributed by atoms with Crippen molar-refractivity contribution in [2.24, 2.45) is 0 Å². The molecule has 0 radical (unpaired) electrons. The lowest BCUT2D eigenvalue weighted by molar-refractivity contribution is 0.210. The Balaban J connectivity index is 2.54. The van der Waals surface area contributed by atoms with E-state index in [-0.39, 0.29) is 5.75 Å². The van der Waals surface area contributed by atoms with Crippen LogP contribution in [-0.2, 0) is 0 Å². The van der Waals surface area contributed by atoms with Gasteiger partial charge >= 0.3 is 6.09 Å². The molecule has 0 heterocycles. The van der Waals surface area contributed by atoms with Crippen LogP contribution in [0.15, 0.2) is 42.5 Å². The van der Waals surface area contributed by atoms with E-state index in [9.17, 15) is 9.90 Å². The van der Waals surface area contributed by atoms with Crippen molar-refractivity contribution >= 4 is 23.4 Å². The molecule has 4 nitrogen and oxygen atoms in total. The number of carbonyl (C=O) groups is 1. The largest absolute Gasteiger partial charge is 0.508 e. The summed E-state index contributed by atoms with van der Waals surface area (Å²) in [6.45, 7) is 0. The lowest BCUT2D eigenvalue weighted by atomic mass is 10.0. The lowest BCUT2D eigenvalue weighted by Crippen LogP contribution is -2.08. The minimum Gasteiger partial charge on any atom is -0.508 e. The van der Waals surface area contributed by atoms with Gasteiger partial charge in [0, 0.05) is 10.6 Å². The number of carboxylic acid groups (broad SMARTS) is 1. The van der Waals surface area contributed by atoms with E-state index in [0.717, 1.165) is 5.56 Å². The number of anilines is 1. The van der Waals surface area contributed by atoms with Crippen molar-refractivity contribution in [2.45, 2.75) is 0 Å². The number of benzene rings is 2. The zero-order chi connectivity index (χ0) is 13.1. The topological polar surface area (TPSA) is 69.6 Å². The van der Waals surface area contributed by atoms with Crippen molar-refractivity contribution in [1.29, 1.82) is 0 Å². The van der Waals surface area contributed by atoms with Crippen LogP contribution in [0.5, 0.6) is 5.75 Å². The minimum absolute atomic E-state index is 0.0564. The molecule has 2 aromatic carbocycles. The standard InChI is InChI=1S/C13H10ClNO3/c14-9-3-1-2-8(6-9)11-7-10(16)4-5-12(11)15-13(17)18/h1-7,15-16H,(H,17,18). The molecule has 0 aliphatic carbocycles. The number of hydrogen-bond donors (Lipinski definition) is 3. The number of nitrogens with one attached hydrogen (secondary N) is 1. The summed E-state index contributed by atoms with van der Waals surface area (Å²) in [6.07, 6.45) is -1.16. The van der Waals surface area contributed by atoms with Crippen molar-refractivity contribution in [1.82, 2.24) is 0 Å². The average molecular weight is 264 g/mol. The maximum atomic E-state index is 10.7. The van der Waals surface area contributed by atoms with Gasteiger partial charge in [0.15, 0.2) is 0 Å². The van der Waals surface area contributed by atoms with E-state index < -0.39 is 6.09 Å². The van der Waals surface area contributed by atoms with Gasteiger partial charge < -0.3 is 10.2 Å². The van der Waals surface area contributed by atoms with Crippen LogP contribution in [-0.4, -0.2) is 16.3 Å². The van der Waals surface area contributed by atoms with Crippen LogP contribution in [0.4, 0.5) is 10.5 Å². The fourth-order valence-electron chi connectivity index (χ4n) is 1.65. The number of phenols is 1. The molecule has 0 fully saturated rings. The van der Waals surface area contributed by atoms with E-state index in [2.05, 4.69) is 5.32 Å². The Labute approximate surface area is 108 Å². The molecule has 0 aliphatic rings. The predicted octanol–water partition coefficient (Wildman–Crippen LogP) is 3.80. The second kappa shape index (κ2) is 4.98. The van der Waals surface area contributed by atoms with Crippen molar-refractivity contribution in [3.05, 3.63) is 47.5 Å². The van der Waals surface area contributed by atoms with Crippen LogP contribution in [0.2, 0.25) is 5.02 Å². The highest BCUT2D eigenvalue weighted by atomic mass is 35.5. The third-order valence-corrected chi connectivity index (χ3v) is 2.62. The average Bonchev–Trinajstić information content (AvgIpc) is 2.31. The number of hydrogen-bond acceptors (Lipinski definition) is 2. The first-order valence-corrected chi connectivity index (χ1v) is 5.53. The summed E-state index contributed by atoms with van der Waals surface area (Å²) in [6, 6.07) is 11.4. The molecule has 92 valence electrons. The Morgan fingerprint density at radius 2 is 1.94 bits per heavy atom. The molecule has 18 heavy (non-hydrogen) atoms. The lowest BCUT2D eigenvalue weighted by Gasteiger charge is -2.10. The number of phenolic OH excluding ortho intramolecular Hbond substituents is 1. The monoisotopic (exact) mass is 263 g/mol. The maximum absolute atomic E-state index is 10.7. The zero-order valence-electron chi connectivity index (χ0n) is 9.22. The number of rotatable bonds is 2. The molecule has 0 bridgehead atoms. The Hall–Kier alpha value is -2.20. The molecule has 0 atom stereocenters. The van der Waals surface area contributed by atoms with Gasteiger partial charge in [-0.05, 0) is 35.9 Å². The Morgan fingerprint density at radius 1 is 1.17 bits per heavy atom. The van der Waals surface area contributed by atoms with Crippen LogP contribution >= 0.6 is 11.6 Å². The SMILES string of the molecule is O=C(O)Nc1ccc(O)cc1-c1cccc(Cl)c1. The van der Waals surface area contributed by atoms with E-state index >= 15 is 0 Å². The van der Waals surface area contributed by atoms with Gasteiger partial charge in [0.1, 0.15) is 5.75 Å². The van der Waals surface area contributed by atoms with Crippen molar-refractivity contribution in [2.75, 3.05) is 5.32 Å². The van der Waals surface area contributed by atoms with Gasteiger partial charge in [0.2, 0.25) is 0 Å². The predicted molar refractivity (Wildman–Crippen MR) is 70.2 cm³/mol. The summed E-state index contributed by atoms with van der Waals surface area (Å²) < 4.78 is 0. The normalized spacial score (nSPS) is 10.1. The van der Waals surface area contributed by atoms with Gasteiger partial charge in [-0.3, -0.25) is 5.32 Å². The third kappa shape index (κ3) is 2.73. The second-order valence-electron chi connectivity index (χ2n) is 3.67. The maximum Gasteiger partial charge on any atom is 0.409 e. The van der Waals surface area contributed by atoms with Crippen LogP contribution in [0.1, 0.15) is 0 Å². The highest BCUT2D eigenvalue weighted by Gasteiger charge is 2.09. The summed E-state index contributed by atoms with van der Waals surface area (Å²) in [4.78, 5) is 10.7. The smallest absolute Gasteiger partial charge is 0.409 e. The Kier molecular flexibility index (Phi) is 3.39. The molecule has 1 amide bonds. The van der Waals surface area contributed by atoms with E-state index in [1.807, 2.05) is 0 Å². The fraction of sp³-hybridized carbons (Fsp3) is 0. The van der Waals surface area contributed by atoms with Gasteiger partial charge in [-0.1, -0.05) is 23.7 Å². The van der Waals surface area contributed by atoms with Crippen LogP contribution in [0.3, 0.4) is 0 Å². The van der Waals surface area contributed by atoms with E-state index in [0.29, 0.717) is 16.3 Å². The van der Waals surface area contributed by atoms with E-state index in [1.165, 1.54) is 18.2 Å². The molecule has 5 heteroatoms. The number of amides is 1. The van der Waals surface area contributed by atoms with Crippen LogP contribution in [0, 0.1) is 0 Å². The van der Waals surface area contributed by atoms with E-state index in [1.54, 1.807) is 24.3 Å². The molecule has 0 spiro atoms. The first kappa shape index (κ1) is 12.3. The highest BCUT2D eigenvalue weighted by molar-refractivity contribution is 6.30. The molecule has 0 aromatic heterocycles. The van der Waals surface area contributed by atoms with E-state index in [4.69, 9.17) is 16.7 Å². The molecule has 0 aliphatic heterocycles. The van der Waals surface area contributed by atoms with Crippen molar-refractivity contribution in [3.8, 4) is 16.9 Å². The third-order valence-electron chi connectivity index (χ3n) is 2.38. The molecular formula is C13H10ClNO3. The van der Waals surface area contributed by atoms with Crippen molar-refractivity contribution in [3.63, 3.8) is 0 Å². The highest BCUT2D eigenvalue weighted by Crippen LogP contribution is 2.32. The molecule has 0 saturated heterocycles. The van der Waals surface area contributed by atoms with Gasteiger partial charge in [-0.15, -0.1) is 0 Å². The summed E-state index contributed by atoms with van der Waals surface area (Å²) in [7, 11) is 0. The summed E-state index contributed by atoms with van der Waals surface area (Å²) in [5.41, 5.74) is 1.68. The van der Waals surface area contributed by atoms with Gasteiger partial charge in [-0.25, -0.2) is 4.79 Å². The molecule has 2 rings (SSSR count). The molecule has 0 unspecified atom stereocenters. The van der Waals surface area contributed by atoms with Gasteiger partial charge in [0.05, 0.1) is 5.69 Å². The summed E-state index contributed by atoms with van der Waals surface area (Å²) in [5.74, 6) is 0.0564. The summed E-state index contributed by atoms with van der Waals surface area (Å²) >= 11 is 5.89. The van der Waals surface area contributed by atoms with Gasteiger partial charge in [-0.2, -0.15) is 0 Å². The first-order chi connectivity index (χ1) is 8.56. The molecule has 3 N–H and O–H groups in total. The van der Waals surface area contributed by atoms with Crippen LogP contribution < -0.4 is 5.32 Å². The number of halogens is 1. The molecule has 2 aromatic rings. The summed E-state index contributed by atoms with van der Waals surface area (Å²) in [5, 5.41) is 21.1.